The zero-order chi connectivity index (χ0) is 22.1. The molecule has 0 radical (unpaired) electrons. The highest BCUT2D eigenvalue weighted by molar-refractivity contribution is 6.07. The fourth-order valence-electron chi connectivity index (χ4n) is 3.69. The third-order valence-electron chi connectivity index (χ3n) is 5.25. The first-order valence-electron chi connectivity index (χ1n) is 10.3. The Balaban J connectivity index is 1.82. The predicted octanol–water partition coefficient (Wildman–Crippen LogP) is 7.34. The van der Waals surface area contributed by atoms with Crippen LogP contribution in [0.15, 0.2) is 34.9 Å². The summed E-state index contributed by atoms with van der Waals surface area (Å²) < 4.78 is 69.4. The van der Waals surface area contributed by atoms with Crippen LogP contribution < -0.4 is 4.74 Å². The molecule has 2 aromatic heterocycles. The molecule has 0 saturated carbocycles. The summed E-state index contributed by atoms with van der Waals surface area (Å²) in [6.07, 6.45) is 5.47. The van der Waals surface area contributed by atoms with Gasteiger partial charge in [0.15, 0.2) is 23.2 Å². The van der Waals surface area contributed by atoms with Crippen LogP contribution in [0.3, 0.4) is 0 Å². The number of pyridine rings is 1. The van der Waals surface area contributed by atoms with Crippen LogP contribution in [-0.4, -0.2) is 11.6 Å². The molecule has 31 heavy (non-hydrogen) atoms. The summed E-state index contributed by atoms with van der Waals surface area (Å²) >= 11 is 0. The molecule has 0 N–H and O–H groups in total. The number of hydrogen-bond donors (Lipinski definition) is 0. The molecule has 0 aliphatic carbocycles. The standard InChI is InChI=1S/C24H21F4NO2/c1-3-5-6-7-14-9-8-13(12-29-14)15-10-16-19(23(27)21(15)25)20-17(31-16)11-18(30-4-2)22(26)24(20)28/h8-12H,3-7H2,1-2H3. The van der Waals surface area contributed by atoms with Gasteiger partial charge in [-0.05, 0) is 31.9 Å². The van der Waals surface area contributed by atoms with Crippen molar-refractivity contribution in [3.8, 4) is 16.9 Å². The molecule has 0 bridgehead atoms. The van der Waals surface area contributed by atoms with Crippen molar-refractivity contribution >= 4 is 21.9 Å². The molecule has 0 spiro atoms. The number of furan rings is 1. The normalized spacial score (nSPS) is 11.5. The van der Waals surface area contributed by atoms with E-state index in [1.54, 1.807) is 19.1 Å². The second-order valence-electron chi connectivity index (χ2n) is 7.33. The number of unbranched alkanes of at least 4 members (excludes halogenated alkanes) is 2. The van der Waals surface area contributed by atoms with Crippen LogP contribution in [-0.2, 0) is 6.42 Å². The van der Waals surface area contributed by atoms with Crippen molar-refractivity contribution in [3.05, 3.63) is 59.4 Å². The topological polar surface area (TPSA) is 35.3 Å². The summed E-state index contributed by atoms with van der Waals surface area (Å²) in [4.78, 5) is 4.33. The number of benzene rings is 2. The molecule has 4 aromatic rings. The molecule has 0 amide bonds. The van der Waals surface area contributed by atoms with Crippen LogP contribution >= 0.6 is 0 Å². The molecule has 3 nitrogen and oxygen atoms in total. The predicted molar refractivity (Wildman–Crippen MR) is 111 cm³/mol. The van der Waals surface area contributed by atoms with Gasteiger partial charge in [0, 0.05) is 29.1 Å². The first-order chi connectivity index (χ1) is 15.0. The van der Waals surface area contributed by atoms with E-state index in [1.807, 2.05) is 0 Å². The third kappa shape index (κ3) is 3.73. The second kappa shape index (κ2) is 8.57. The molecular weight excluding hydrogens is 410 g/mol. The Kier molecular flexibility index (Phi) is 5.85. The molecule has 0 atom stereocenters. The van der Waals surface area contributed by atoms with Gasteiger partial charge in [0.1, 0.15) is 11.2 Å². The van der Waals surface area contributed by atoms with Crippen LogP contribution in [0, 0.1) is 23.3 Å². The molecular formula is C24H21F4NO2. The molecule has 2 aromatic carbocycles. The zero-order valence-electron chi connectivity index (χ0n) is 17.2. The minimum Gasteiger partial charge on any atom is -0.491 e. The maximum Gasteiger partial charge on any atom is 0.201 e. The first-order valence-corrected chi connectivity index (χ1v) is 10.3. The van der Waals surface area contributed by atoms with Crippen molar-refractivity contribution < 1.29 is 26.7 Å². The maximum atomic E-state index is 15.0. The van der Waals surface area contributed by atoms with Gasteiger partial charge in [0.2, 0.25) is 5.82 Å². The monoisotopic (exact) mass is 431 g/mol. The number of aryl methyl sites for hydroxylation is 1. The van der Waals surface area contributed by atoms with Crippen LogP contribution in [0.1, 0.15) is 38.8 Å². The number of nitrogens with zero attached hydrogens (tertiary/aromatic N) is 1. The molecule has 2 heterocycles. The number of halogens is 4. The van der Waals surface area contributed by atoms with Crippen molar-refractivity contribution in [2.24, 2.45) is 0 Å². The van der Waals surface area contributed by atoms with E-state index >= 15 is 0 Å². The Morgan fingerprint density at radius 3 is 2.23 bits per heavy atom. The molecule has 4 rings (SSSR count). The molecule has 7 heteroatoms. The van der Waals surface area contributed by atoms with Gasteiger partial charge in [-0.15, -0.1) is 0 Å². The van der Waals surface area contributed by atoms with Crippen molar-refractivity contribution in [2.75, 3.05) is 6.61 Å². The van der Waals surface area contributed by atoms with Crippen molar-refractivity contribution in [2.45, 2.75) is 39.5 Å². The second-order valence-corrected chi connectivity index (χ2v) is 7.33. The fourth-order valence-corrected chi connectivity index (χ4v) is 3.69. The van der Waals surface area contributed by atoms with Crippen molar-refractivity contribution in [1.29, 1.82) is 0 Å². The van der Waals surface area contributed by atoms with Gasteiger partial charge in [-0.1, -0.05) is 25.8 Å². The number of rotatable bonds is 7. The highest BCUT2D eigenvalue weighted by atomic mass is 19.2. The number of fused-ring (bicyclic) bond motifs is 3. The summed E-state index contributed by atoms with van der Waals surface area (Å²) in [7, 11) is 0. The van der Waals surface area contributed by atoms with Gasteiger partial charge in [0.05, 0.1) is 17.4 Å². The van der Waals surface area contributed by atoms with Gasteiger partial charge >= 0.3 is 0 Å². The smallest absolute Gasteiger partial charge is 0.201 e. The van der Waals surface area contributed by atoms with E-state index in [-0.39, 0.29) is 29.1 Å². The number of aromatic nitrogens is 1. The van der Waals surface area contributed by atoms with E-state index in [4.69, 9.17) is 9.15 Å². The van der Waals surface area contributed by atoms with Gasteiger partial charge in [-0.2, -0.15) is 4.39 Å². The Bertz CT molecular complexity index is 1250. The summed E-state index contributed by atoms with van der Waals surface area (Å²) in [5.41, 5.74) is 0.936. The minimum atomic E-state index is -1.34. The van der Waals surface area contributed by atoms with Crippen LogP contribution in [0.5, 0.6) is 5.75 Å². The van der Waals surface area contributed by atoms with Crippen LogP contribution in [0.4, 0.5) is 17.6 Å². The number of ether oxygens (including phenoxy) is 1. The Morgan fingerprint density at radius 2 is 1.58 bits per heavy atom. The van der Waals surface area contributed by atoms with E-state index in [9.17, 15) is 17.6 Å². The first kappa shape index (κ1) is 21.2. The van der Waals surface area contributed by atoms with Gasteiger partial charge in [-0.25, -0.2) is 13.2 Å². The average molecular weight is 431 g/mol. The Morgan fingerprint density at radius 1 is 0.871 bits per heavy atom. The van der Waals surface area contributed by atoms with Gasteiger partial charge in [0.25, 0.3) is 0 Å². The Labute approximate surface area is 176 Å². The summed E-state index contributed by atoms with van der Waals surface area (Å²) in [5.74, 6) is -5.45. The van der Waals surface area contributed by atoms with E-state index in [1.165, 1.54) is 12.3 Å². The lowest BCUT2D eigenvalue weighted by Gasteiger charge is -2.07. The Hall–Kier alpha value is -3.09. The lowest BCUT2D eigenvalue weighted by molar-refractivity contribution is 0.315. The highest BCUT2D eigenvalue weighted by Gasteiger charge is 2.25. The van der Waals surface area contributed by atoms with Crippen LogP contribution in [0.2, 0.25) is 0 Å². The fraction of sp³-hybridized carbons (Fsp3) is 0.292. The average Bonchev–Trinajstić information content (AvgIpc) is 3.14. The van der Waals surface area contributed by atoms with Gasteiger partial charge in [-0.3, -0.25) is 4.98 Å². The summed E-state index contributed by atoms with van der Waals surface area (Å²) in [6, 6.07) is 5.85. The quantitative estimate of drug-likeness (QED) is 0.227. The molecule has 0 saturated heterocycles. The zero-order valence-corrected chi connectivity index (χ0v) is 17.2. The van der Waals surface area contributed by atoms with Crippen molar-refractivity contribution in [3.63, 3.8) is 0 Å². The lowest BCUT2D eigenvalue weighted by Crippen LogP contribution is -1.98. The highest BCUT2D eigenvalue weighted by Crippen LogP contribution is 2.40. The van der Waals surface area contributed by atoms with E-state index in [0.29, 0.717) is 5.56 Å². The SMILES string of the molecule is CCCCCc1ccc(-c2cc3oc4cc(OCC)c(F)c(F)c4c3c(F)c2F)cn1. The summed E-state index contributed by atoms with van der Waals surface area (Å²) in [5, 5.41) is -0.900. The largest absolute Gasteiger partial charge is 0.491 e. The molecule has 0 unspecified atom stereocenters. The third-order valence-corrected chi connectivity index (χ3v) is 5.25. The van der Waals surface area contributed by atoms with Gasteiger partial charge < -0.3 is 9.15 Å². The molecule has 0 aliphatic heterocycles. The molecule has 0 aliphatic rings. The maximum absolute atomic E-state index is 15.0. The summed E-state index contributed by atoms with van der Waals surface area (Å²) in [6.45, 7) is 3.83. The molecule has 162 valence electrons. The molecule has 0 fully saturated rings. The van der Waals surface area contributed by atoms with E-state index < -0.39 is 34.0 Å². The minimum absolute atomic E-state index is 0.0671. The van der Waals surface area contributed by atoms with Crippen molar-refractivity contribution in [1.82, 2.24) is 4.98 Å². The van der Waals surface area contributed by atoms with E-state index in [0.717, 1.165) is 37.4 Å². The number of hydrogen-bond acceptors (Lipinski definition) is 3. The van der Waals surface area contributed by atoms with E-state index in [2.05, 4.69) is 11.9 Å². The lowest BCUT2D eigenvalue weighted by atomic mass is 10.0. The van der Waals surface area contributed by atoms with Crippen LogP contribution in [0.25, 0.3) is 33.1 Å².